The van der Waals surface area contributed by atoms with Crippen molar-refractivity contribution in [2.24, 2.45) is 0 Å². The number of rotatable bonds is 5. The molecular weight excluding hydrogens is 268 g/mol. The topological polar surface area (TPSA) is 75.7 Å². The summed E-state index contributed by atoms with van der Waals surface area (Å²) in [7, 11) is 3.14. The van der Waals surface area contributed by atoms with Gasteiger partial charge in [0.1, 0.15) is 6.04 Å². The molecule has 1 N–H and O–H groups in total. The zero-order chi connectivity index (χ0) is 14.4. The summed E-state index contributed by atoms with van der Waals surface area (Å²) in [5.74, 6) is -1.29. The van der Waals surface area contributed by atoms with Crippen LogP contribution in [0.2, 0.25) is 0 Å². The fraction of sp³-hybridized carbons (Fsp3) is 0.417. The number of amides is 2. The Labute approximate surface area is 115 Å². The molecule has 1 unspecified atom stereocenters. The Morgan fingerprint density at radius 3 is 2.63 bits per heavy atom. The van der Waals surface area contributed by atoms with Gasteiger partial charge in [0.15, 0.2) is 6.61 Å². The summed E-state index contributed by atoms with van der Waals surface area (Å²) >= 11 is 1.28. The molecule has 1 aromatic rings. The second kappa shape index (κ2) is 6.89. The Kier molecular flexibility index (Phi) is 5.50. The van der Waals surface area contributed by atoms with E-state index < -0.39 is 12.0 Å². The van der Waals surface area contributed by atoms with Crippen LogP contribution in [0, 0.1) is 0 Å². The minimum absolute atomic E-state index is 0.315. The van der Waals surface area contributed by atoms with E-state index in [2.05, 4.69) is 5.32 Å². The molecule has 0 saturated carbocycles. The molecular formula is C12H16N2O4S. The fourth-order valence-corrected chi connectivity index (χ4v) is 1.75. The van der Waals surface area contributed by atoms with Gasteiger partial charge in [0.25, 0.3) is 11.8 Å². The predicted octanol–water partition coefficient (Wildman–Crippen LogP) is 0.498. The summed E-state index contributed by atoms with van der Waals surface area (Å²) in [6.07, 6.45) is 0. The van der Waals surface area contributed by atoms with E-state index in [-0.39, 0.29) is 18.4 Å². The molecule has 1 atom stereocenters. The third-order valence-electron chi connectivity index (χ3n) is 2.28. The third-order valence-corrected chi connectivity index (χ3v) is 3.15. The molecule has 0 radical (unpaired) electrons. The molecule has 0 fully saturated rings. The van der Waals surface area contributed by atoms with Gasteiger partial charge in [-0.2, -0.15) is 0 Å². The molecule has 0 aromatic carbocycles. The SMILES string of the molecule is CC(NC(=O)c1cccs1)C(=O)OCC(=O)N(C)C. The summed E-state index contributed by atoms with van der Waals surface area (Å²) in [6, 6.07) is 2.61. The van der Waals surface area contributed by atoms with Crippen molar-refractivity contribution in [1.82, 2.24) is 10.2 Å². The highest BCUT2D eigenvalue weighted by Gasteiger charge is 2.19. The van der Waals surface area contributed by atoms with Crippen molar-refractivity contribution in [3.63, 3.8) is 0 Å². The molecule has 0 saturated heterocycles. The van der Waals surface area contributed by atoms with Gasteiger partial charge >= 0.3 is 5.97 Å². The Bertz CT molecular complexity index is 456. The number of nitrogens with zero attached hydrogens (tertiary/aromatic N) is 1. The van der Waals surface area contributed by atoms with Gasteiger partial charge in [-0.25, -0.2) is 4.79 Å². The minimum Gasteiger partial charge on any atom is -0.454 e. The number of esters is 1. The molecule has 0 aliphatic heterocycles. The highest BCUT2D eigenvalue weighted by atomic mass is 32.1. The van der Waals surface area contributed by atoms with Gasteiger partial charge in [-0.1, -0.05) is 6.07 Å². The molecule has 104 valence electrons. The lowest BCUT2D eigenvalue weighted by atomic mass is 10.3. The summed E-state index contributed by atoms with van der Waals surface area (Å²) in [5.41, 5.74) is 0. The van der Waals surface area contributed by atoms with Gasteiger partial charge in [0.05, 0.1) is 4.88 Å². The second-order valence-corrected chi connectivity index (χ2v) is 5.02. The zero-order valence-corrected chi connectivity index (χ0v) is 11.8. The van der Waals surface area contributed by atoms with E-state index in [9.17, 15) is 14.4 Å². The van der Waals surface area contributed by atoms with Crippen molar-refractivity contribution < 1.29 is 19.1 Å². The first-order chi connectivity index (χ1) is 8.91. The standard InChI is InChI=1S/C12H16N2O4S/c1-8(12(17)18-7-10(15)14(2)3)13-11(16)9-5-4-6-19-9/h4-6,8H,7H2,1-3H3,(H,13,16). The van der Waals surface area contributed by atoms with Crippen LogP contribution in [0.25, 0.3) is 0 Å². The molecule has 0 aliphatic carbocycles. The Morgan fingerprint density at radius 1 is 1.42 bits per heavy atom. The van der Waals surface area contributed by atoms with Crippen LogP contribution in [0.15, 0.2) is 17.5 Å². The monoisotopic (exact) mass is 284 g/mol. The van der Waals surface area contributed by atoms with E-state index in [0.29, 0.717) is 4.88 Å². The Hall–Kier alpha value is -1.89. The van der Waals surface area contributed by atoms with E-state index >= 15 is 0 Å². The number of carbonyl (C=O) groups is 3. The zero-order valence-electron chi connectivity index (χ0n) is 11.0. The van der Waals surface area contributed by atoms with E-state index in [1.54, 1.807) is 31.6 Å². The Morgan fingerprint density at radius 2 is 2.11 bits per heavy atom. The molecule has 0 aliphatic rings. The Balaban J connectivity index is 2.41. The maximum absolute atomic E-state index is 11.7. The van der Waals surface area contributed by atoms with Crippen LogP contribution in [-0.4, -0.2) is 49.4 Å². The molecule has 1 aromatic heterocycles. The largest absolute Gasteiger partial charge is 0.454 e. The highest BCUT2D eigenvalue weighted by molar-refractivity contribution is 7.12. The van der Waals surface area contributed by atoms with Crippen LogP contribution in [0.5, 0.6) is 0 Å². The lowest BCUT2D eigenvalue weighted by Gasteiger charge is -2.14. The summed E-state index contributed by atoms with van der Waals surface area (Å²) in [5, 5.41) is 4.28. The van der Waals surface area contributed by atoms with Crippen molar-refractivity contribution in [2.45, 2.75) is 13.0 Å². The minimum atomic E-state index is -0.801. The van der Waals surface area contributed by atoms with Crippen LogP contribution in [-0.2, 0) is 14.3 Å². The number of hydrogen-bond donors (Lipinski definition) is 1. The molecule has 0 bridgehead atoms. The molecule has 7 heteroatoms. The van der Waals surface area contributed by atoms with Crippen molar-refractivity contribution >= 4 is 29.1 Å². The maximum Gasteiger partial charge on any atom is 0.328 e. The van der Waals surface area contributed by atoms with Crippen LogP contribution in [0.3, 0.4) is 0 Å². The van der Waals surface area contributed by atoms with Crippen molar-refractivity contribution in [3.05, 3.63) is 22.4 Å². The van der Waals surface area contributed by atoms with Crippen LogP contribution in [0.4, 0.5) is 0 Å². The van der Waals surface area contributed by atoms with E-state index in [1.165, 1.54) is 23.2 Å². The quantitative estimate of drug-likeness (QED) is 0.799. The van der Waals surface area contributed by atoms with Gasteiger partial charge in [-0.05, 0) is 18.4 Å². The molecule has 19 heavy (non-hydrogen) atoms. The van der Waals surface area contributed by atoms with E-state index in [4.69, 9.17) is 4.74 Å². The summed E-state index contributed by atoms with van der Waals surface area (Å²) < 4.78 is 4.80. The molecule has 6 nitrogen and oxygen atoms in total. The van der Waals surface area contributed by atoms with Gasteiger partial charge in [0, 0.05) is 14.1 Å². The van der Waals surface area contributed by atoms with Crippen LogP contribution in [0.1, 0.15) is 16.6 Å². The number of hydrogen-bond acceptors (Lipinski definition) is 5. The van der Waals surface area contributed by atoms with Crippen molar-refractivity contribution in [3.8, 4) is 0 Å². The number of thiophene rings is 1. The first kappa shape index (κ1) is 15.2. The maximum atomic E-state index is 11.7. The predicted molar refractivity (Wildman–Crippen MR) is 70.9 cm³/mol. The van der Waals surface area contributed by atoms with E-state index in [0.717, 1.165) is 0 Å². The van der Waals surface area contributed by atoms with Gasteiger partial charge < -0.3 is 15.0 Å². The first-order valence-electron chi connectivity index (χ1n) is 5.63. The lowest BCUT2D eigenvalue weighted by molar-refractivity contribution is -0.152. The van der Waals surface area contributed by atoms with E-state index in [1.807, 2.05) is 0 Å². The number of carbonyl (C=O) groups excluding carboxylic acids is 3. The first-order valence-corrected chi connectivity index (χ1v) is 6.51. The number of ether oxygens (including phenoxy) is 1. The van der Waals surface area contributed by atoms with Gasteiger partial charge in [0.2, 0.25) is 0 Å². The van der Waals surface area contributed by atoms with Crippen molar-refractivity contribution in [2.75, 3.05) is 20.7 Å². The van der Waals surface area contributed by atoms with Crippen LogP contribution < -0.4 is 5.32 Å². The molecule has 1 heterocycles. The third kappa shape index (κ3) is 4.70. The summed E-state index contributed by atoms with van der Waals surface area (Å²) in [6.45, 7) is 1.18. The summed E-state index contributed by atoms with van der Waals surface area (Å²) in [4.78, 5) is 36.3. The van der Waals surface area contributed by atoms with Gasteiger partial charge in [-0.15, -0.1) is 11.3 Å². The van der Waals surface area contributed by atoms with Crippen molar-refractivity contribution in [1.29, 1.82) is 0 Å². The fourth-order valence-electron chi connectivity index (χ4n) is 1.12. The number of likely N-dealkylation sites (N-methyl/N-ethyl adjacent to an activating group) is 1. The highest BCUT2D eigenvalue weighted by Crippen LogP contribution is 2.08. The smallest absolute Gasteiger partial charge is 0.328 e. The normalized spacial score (nSPS) is 11.5. The second-order valence-electron chi connectivity index (χ2n) is 4.07. The average molecular weight is 284 g/mol. The lowest BCUT2D eigenvalue weighted by Crippen LogP contribution is -2.40. The average Bonchev–Trinajstić information content (AvgIpc) is 2.88. The number of nitrogens with one attached hydrogen (secondary N) is 1. The van der Waals surface area contributed by atoms with Gasteiger partial charge in [-0.3, -0.25) is 9.59 Å². The molecule has 2 amide bonds. The van der Waals surface area contributed by atoms with Crippen LogP contribution >= 0.6 is 11.3 Å². The molecule has 1 rings (SSSR count). The molecule has 0 spiro atoms.